The molecule has 9 N–H and O–H groups in total. The van der Waals surface area contributed by atoms with Crippen LogP contribution < -0.4 is 5.32 Å². The van der Waals surface area contributed by atoms with Crippen molar-refractivity contribution in [1.82, 2.24) is 5.32 Å². The first-order valence-corrected chi connectivity index (χ1v) is 35.2. The van der Waals surface area contributed by atoms with E-state index in [1.165, 1.54) is 244 Å². The number of nitrogens with one attached hydrogen (secondary N) is 1. The molecule has 0 aromatic carbocycles. The number of allylic oxidation sites excluding steroid dienone is 5. The average Bonchev–Trinajstić information content (AvgIpc) is 3.62. The minimum atomic E-state index is -1.79. The topological polar surface area (TPSA) is 228 Å². The van der Waals surface area contributed by atoms with Crippen LogP contribution in [0.1, 0.15) is 309 Å². The van der Waals surface area contributed by atoms with Gasteiger partial charge >= 0.3 is 0 Å². The molecular weight excluding hydrogens is 1060 g/mol. The maximum atomic E-state index is 13.3. The summed E-state index contributed by atoms with van der Waals surface area (Å²) in [6.07, 6.45) is 53.4. The molecule has 2 aliphatic rings. The number of carbonyl (C=O) groups is 1. The zero-order valence-electron chi connectivity index (χ0n) is 53.7. The molecule has 2 fully saturated rings. The number of aliphatic hydroxyl groups is 8. The highest BCUT2D eigenvalue weighted by atomic mass is 16.7. The van der Waals surface area contributed by atoms with Gasteiger partial charge in [0.2, 0.25) is 5.91 Å². The Morgan fingerprint density at radius 3 is 1.17 bits per heavy atom. The number of hydrogen-bond acceptors (Lipinski definition) is 13. The molecule has 0 radical (unpaired) electrons. The predicted molar refractivity (Wildman–Crippen MR) is 341 cm³/mol. The molecular formula is C70H131NO13. The molecule has 0 bridgehead atoms. The van der Waals surface area contributed by atoms with E-state index in [0.717, 1.165) is 32.1 Å². The van der Waals surface area contributed by atoms with Crippen LogP contribution >= 0.6 is 0 Å². The predicted octanol–water partition coefficient (Wildman–Crippen LogP) is 14.1. The number of ether oxygens (including phenoxy) is 4. The van der Waals surface area contributed by atoms with E-state index in [2.05, 4.69) is 43.5 Å². The lowest BCUT2D eigenvalue weighted by molar-refractivity contribution is -0.359. The number of amides is 1. The van der Waals surface area contributed by atoms with Crippen molar-refractivity contribution in [3.63, 3.8) is 0 Å². The fraction of sp³-hybridized carbons (Fsp3) is 0.900. The third-order valence-corrected chi connectivity index (χ3v) is 17.3. The van der Waals surface area contributed by atoms with Gasteiger partial charge in [0.25, 0.3) is 0 Å². The maximum Gasteiger partial charge on any atom is 0.220 e. The van der Waals surface area contributed by atoms with Crippen LogP contribution in [-0.4, -0.2) is 140 Å². The molecule has 2 rings (SSSR count). The van der Waals surface area contributed by atoms with Gasteiger partial charge in [0.1, 0.15) is 48.8 Å². The summed E-state index contributed by atoms with van der Waals surface area (Å²) in [5.41, 5.74) is 0. The second kappa shape index (κ2) is 55.3. The van der Waals surface area contributed by atoms with E-state index in [4.69, 9.17) is 18.9 Å². The van der Waals surface area contributed by atoms with Crippen LogP contribution in [0.2, 0.25) is 0 Å². The maximum absolute atomic E-state index is 13.3. The summed E-state index contributed by atoms with van der Waals surface area (Å²) >= 11 is 0. The first-order valence-electron chi connectivity index (χ1n) is 35.2. The standard InChI is InChI=1S/C70H131NO13/c1-3-5-7-9-11-13-15-17-19-21-23-25-27-28-29-30-32-34-36-38-40-42-44-46-48-50-52-54-62(75)71-58(57-81-69-67(80)65(78)68(61(56-73)83-69)84-70-66(79)64(77)63(76)60(55-72)82-70)59(74)53-51-49-47-45-43-41-39-37-35-33-31-26-24-22-20-18-16-14-12-10-8-6-4-2/h21,23,43,45,51,53,58-61,63-70,72-74,76-80H,3-20,22,24-42,44,46-50,52,54-57H2,1-2H3,(H,71,75)/b23-21-,45-43+,53-51+. The summed E-state index contributed by atoms with van der Waals surface area (Å²) in [6, 6.07) is -0.931. The summed E-state index contributed by atoms with van der Waals surface area (Å²) in [4.78, 5) is 13.3. The molecule has 0 aromatic rings. The largest absolute Gasteiger partial charge is 0.394 e. The van der Waals surface area contributed by atoms with Crippen molar-refractivity contribution >= 4 is 5.91 Å². The van der Waals surface area contributed by atoms with E-state index >= 15 is 0 Å². The Labute approximate surface area is 512 Å². The highest BCUT2D eigenvalue weighted by molar-refractivity contribution is 5.76. The first-order chi connectivity index (χ1) is 41.1. The van der Waals surface area contributed by atoms with Crippen molar-refractivity contribution in [3.05, 3.63) is 36.5 Å². The van der Waals surface area contributed by atoms with Gasteiger partial charge in [-0.05, 0) is 57.8 Å². The van der Waals surface area contributed by atoms with Crippen molar-refractivity contribution in [1.29, 1.82) is 0 Å². The van der Waals surface area contributed by atoms with Crippen molar-refractivity contribution in [2.75, 3.05) is 19.8 Å². The Bertz CT molecular complexity index is 1550. The fourth-order valence-corrected chi connectivity index (χ4v) is 11.7. The van der Waals surface area contributed by atoms with Gasteiger partial charge in [-0.2, -0.15) is 0 Å². The molecule has 14 nitrogen and oxygen atoms in total. The Hall–Kier alpha value is -1.79. The molecule has 2 aliphatic heterocycles. The second-order valence-corrected chi connectivity index (χ2v) is 25.0. The molecule has 12 atom stereocenters. The summed E-state index contributed by atoms with van der Waals surface area (Å²) in [7, 11) is 0. The van der Waals surface area contributed by atoms with Crippen LogP contribution in [-0.2, 0) is 23.7 Å². The van der Waals surface area contributed by atoms with Crippen LogP contribution in [0.5, 0.6) is 0 Å². The number of rotatable bonds is 58. The molecule has 84 heavy (non-hydrogen) atoms. The van der Waals surface area contributed by atoms with Gasteiger partial charge in [-0.25, -0.2) is 0 Å². The van der Waals surface area contributed by atoms with E-state index in [-0.39, 0.29) is 18.9 Å². The van der Waals surface area contributed by atoms with Gasteiger partial charge in [-0.1, -0.05) is 281 Å². The molecule has 14 heteroatoms. The summed E-state index contributed by atoms with van der Waals surface area (Å²) in [6.45, 7) is 2.83. The van der Waals surface area contributed by atoms with Crippen LogP contribution in [0.4, 0.5) is 0 Å². The van der Waals surface area contributed by atoms with Crippen LogP contribution in [0, 0.1) is 0 Å². The number of hydrogen-bond donors (Lipinski definition) is 9. The number of carbonyl (C=O) groups excluding carboxylic acids is 1. The van der Waals surface area contributed by atoms with E-state index < -0.39 is 86.8 Å². The Morgan fingerprint density at radius 2 is 0.762 bits per heavy atom. The summed E-state index contributed by atoms with van der Waals surface area (Å²) in [5.74, 6) is -0.244. The van der Waals surface area contributed by atoms with Crippen LogP contribution in [0.15, 0.2) is 36.5 Å². The van der Waals surface area contributed by atoms with E-state index in [9.17, 15) is 45.6 Å². The Morgan fingerprint density at radius 1 is 0.417 bits per heavy atom. The fourth-order valence-electron chi connectivity index (χ4n) is 11.7. The summed E-state index contributed by atoms with van der Waals surface area (Å²) in [5, 5.41) is 87.4. The van der Waals surface area contributed by atoms with Gasteiger partial charge in [-0.15, -0.1) is 0 Å². The smallest absolute Gasteiger partial charge is 0.220 e. The quantitative estimate of drug-likeness (QED) is 0.0204. The zero-order valence-corrected chi connectivity index (χ0v) is 53.7. The summed E-state index contributed by atoms with van der Waals surface area (Å²) < 4.78 is 22.8. The molecule has 0 aromatic heterocycles. The molecule has 0 aliphatic carbocycles. The van der Waals surface area contributed by atoms with Crippen LogP contribution in [0.3, 0.4) is 0 Å². The lowest BCUT2D eigenvalue weighted by Crippen LogP contribution is -2.65. The average molecular weight is 1190 g/mol. The lowest BCUT2D eigenvalue weighted by atomic mass is 9.97. The molecule has 0 spiro atoms. The van der Waals surface area contributed by atoms with Crippen LogP contribution in [0.25, 0.3) is 0 Å². The van der Waals surface area contributed by atoms with Crippen molar-refractivity contribution in [2.45, 2.75) is 383 Å². The highest BCUT2D eigenvalue weighted by Crippen LogP contribution is 2.30. The second-order valence-electron chi connectivity index (χ2n) is 25.0. The number of aliphatic hydroxyl groups excluding tert-OH is 8. The normalized spacial score (nSPS) is 23.8. The van der Waals surface area contributed by atoms with Gasteiger partial charge in [-0.3, -0.25) is 4.79 Å². The van der Waals surface area contributed by atoms with E-state index in [0.29, 0.717) is 12.8 Å². The Kier molecular flexibility index (Phi) is 51.5. The SMILES string of the molecule is CCCCCCCCCC/C=C\CCCCCCCCCCCCCCCCCC(=O)NC(COC1OC(CO)C(OC2OC(CO)C(O)C(O)C2O)C(O)C1O)C(O)/C=C/CC/C=C/CCCCCCCCCCCCCCCCCCC. The van der Waals surface area contributed by atoms with Crippen molar-refractivity contribution in [3.8, 4) is 0 Å². The molecule has 494 valence electrons. The molecule has 0 saturated carbocycles. The van der Waals surface area contributed by atoms with Crippen molar-refractivity contribution in [2.24, 2.45) is 0 Å². The van der Waals surface area contributed by atoms with E-state index in [1.54, 1.807) is 6.08 Å². The molecule has 2 heterocycles. The van der Waals surface area contributed by atoms with Gasteiger partial charge in [0, 0.05) is 6.42 Å². The minimum Gasteiger partial charge on any atom is -0.394 e. The molecule has 1 amide bonds. The molecule has 2 saturated heterocycles. The van der Waals surface area contributed by atoms with E-state index in [1.807, 2.05) is 6.08 Å². The number of unbranched alkanes of at least 4 members (excludes halogenated alkanes) is 41. The minimum absolute atomic E-state index is 0.244. The molecule has 12 unspecified atom stereocenters. The third kappa shape index (κ3) is 39.3. The first kappa shape index (κ1) is 78.3. The van der Waals surface area contributed by atoms with Crippen molar-refractivity contribution < 1.29 is 64.6 Å². The van der Waals surface area contributed by atoms with Gasteiger partial charge in [0.15, 0.2) is 12.6 Å². The van der Waals surface area contributed by atoms with Gasteiger partial charge in [0.05, 0.1) is 32.0 Å². The zero-order chi connectivity index (χ0) is 60.9. The van der Waals surface area contributed by atoms with Gasteiger partial charge < -0.3 is 65.1 Å². The lowest BCUT2D eigenvalue weighted by Gasteiger charge is -2.46. The Balaban J connectivity index is 1.69. The highest BCUT2D eigenvalue weighted by Gasteiger charge is 2.51. The third-order valence-electron chi connectivity index (χ3n) is 17.3. The monoisotopic (exact) mass is 1190 g/mol.